The summed E-state index contributed by atoms with van der Waals surface area (Å²) in [7, 11) is 1.57. The van der Waals surface area contributed by atoms with Crippen LogP contribution < -0.4 is 15.4 Å². The first-order chi connectivity index (χ1) is 10.6. The minimum absolute atomic E-state index is 0.286. The van der Waals surface area contributed by atoms with Crippen molar-refractivity contribution in [3.63, 3.8) is 0 Å². The summed E-state index contributed by atoms with van der Waals surface area (Å²) in [6.07, 6.45) is 3.34. The zero-order chi connectivity index (χ0) is 15.9. The number of hydrogen-bond acceptors (Lipinski definition) is 4. The van der Waals surface area contributed by atoms with Crippen molar-refractivity contribution in [2.45, 2.75) is 6.92 Å². The lowest BCUT2D eigenvalue weighted by atomic mass is 10.2. The number of rotatable bonds is 6. The summed E-state index contributed by atoms with van der Waals surface area (Å²) in [5.41, 5.74) is 2.80. The number of nitrogens with one attached hydrogen (secondary N) is 2. The van der Waals surface area contributed by atoms with Gasteiger partial charge in [0.1, 0.15) is 11.4 Å². The van der Waals surface area contributed by atoms with E-state index >= 15 is 0 Å². The predicted molar refractivity (Wildman–Crippen MR) is 88.6 cm³/mol. The van der Waals surface area contributed by atoms with E-state index < -0.39 is 0 Å². The molecule has 2 rings (SSSR count). The van der Waals surface area contributed by atoms with Crippen LogP contribution in [0.5, 0.6) is 5.75 Å². The third-order valence-electron chi connectivity index (χ3n) is 3.05. The first kappa shape index (κ1) is 15.6. The predicted octanol–water partition coefficient (Wildman–Crippen LogP) is 3.25. The summed E-state index contributed by atoms with van der Waals surface area (Å²) in [6, 6.07) is 9.10. The number of aryl methyl sites for hydroxylation is 1. The van der Waals surface area contributed by atoms with Gasteiger partial charge in [-0.1, -0.05) is 12.1 Å². The van der Waals surface area contributed by atoms with Crippen LogP contribution in [0.15, 0.2) is 49.2 Å². The summed E-state index contributed by atoms with van der Waals surface area (Å²) >= 11 is 0. The maximum Gasteiger partial charge on any atom is 0.274 e. The van der Waals surface area contributed by atoms with Crippen molar-refractivity contribution in [2.75, 3.05) is 24.3 Å². The minimum Gasteiger partial charge on any atom is -0.495 e. The Kier molecular flexibility index (Phi) is 5.14. The van der Waals surface area contributed by atoms with Gasteiger partial charge < -0.3 is 15.4 Å². The summed E-state index contributed by atoms with van der Waals surface area (Å²) in [4.78, 5) is 16.4. The van der Waals surface area contributed by atoms with Crippen LogP contribution in [0.3, 0.4) is 0 Å². The molecule has 0 aliphatic heterocycles. The van der Waals surface area contributed by atoms with Crippen LogP contribution in [0.25, 0.3) is 0 Å². The molecule has 22 heavy (non-hydrogen) atoms. The average Bonchev–Trinajstić information content (AvgIpc) is 2.53. The highest BCUT2D eigenvalue weighted by Crippen LogP contribution is 2.25. The lowest BCUT2D eigenvalue weighted by Gasteiger charge is -2.11. The van der Waals surface area contributed by atoms with Gasteiger partial charge in [-0.2, -0.15) is 0 Å². The van der Waals surface area contributed by atoms with Gasteiger partial charge >= 0.3 is 0 Å². The van der Waals surface area contributed by atoms with E-state index in [0.29, 0.717) is 23.7 Å². The molecule has 0 saturated carbocycles. The van der Waals surface area contributed by atoms with Crippen LogP contribution in [0.1, 0.15) is 16.1 Å². The van der Waals surface area contributed by atoms with Gasteiger partial charge in [-0.15, -0.1) is 6.58 Å². The Morgan fingerprint density at radius 2 is 2.18 bits per heavy atom. The largest absolute Gasteiger partial charge is 0.495 e. The highest BCUT2D eigenvalue weighted by atomic mass is 16.5. The van der Waals surface area contributed by atoms with Gasteiger partial charge in [0, 0.05) is 18.4 Å². The number of carbonyl (C=O) groups excluding carboxylic acids is 1. The fourth-order valence-corrected chi connectivity index (χ4v) is 1.96. The summed E-state index contributed by atoms with van der Waals surface area (Å²) in [5, 5.41) is 5.95. The van der Waals surface area contributed by atoms with E-state index in [1.165, 1.54) is 0 Å². The standard InChI is InChI=1S/C17H19N3O2/c1-4-8-18-13-7-9-19-15(11-13)17(21)20-14-10-12(2)5-6-16(14)22-3/h4-7,9-11H,1,8H2,2-3H3,(H,18,19)(H,20,21). The Balaban J connectivity index is 2.18. The Labute approximate surface area is 130 Å². The molecule has 5 heteroatoms. The molecule has 0 bridgehead atoms. The number of carbonyl (C=O) groups is 1. The number of methoxy groups -OCH3 is 1. The lowest BCUT2D eigenvalue weighted by Crippen LogP contribution is -2.15. The second-order valence-electron chi connectivity index (χ2n) is 4.76. The van der Waals surface area contributed by atoms with E-state index in [9.17, 15) is 4.79 Å². The summed E-state index contributed by atoms with van der Waals surface area (Å²) < 4.78 is 5.26. The van der Waals surface area contributed by atoms with Crippen molar-refractivity contribution in [2.24, 2.45) is 0 Å². The summed E-state index contributed by atoms with van der Waals surface area (Å²) in [6.45, 7) is 6.22. The molecule has 1 aromatic heterocycles. The Morgan fingerprint density at radius 1 is 1.36 bits per heavy atom. The van der Waals surface area contributed by atoms with Crippen LogP contribution >= 0.6 is 0 Å². The van der Waals surface area contributed by atoms with Crippen LogP contribution in [-0.4, -0.2) is 24.5 Å². The van der Waals surface area contributed by atoms with Crippen LogP contribution in [0, 0.1) is 6.92 Å². The number of amides is 1. The van der Waals surface area contributed by atoms with Crippen molar-refractivity contribution in [3.05, 3.63) is 60.4 Å². The Morgan fingerprint density at radius 3 is 2.91 bits per heavy atom. The quantitative estimate of drug-likeness (QED) is 0.803. The number of pyridine rings is 1. The molecule has 0 unspecified atom stereocenters. The molecule has 5 nitrogen and oxygen atoms in total. The molecule has 1 aromatic carbocycles. The number of benzene rings is 1. The van der Waals surface area contributed by atoms with Gasteiger partial charge in [0.15, 0.2) is 0 Å². The van der Waals surface area contributed by atoms with Crippen molar-refractivity contribution in [1.82, 2.24) is 4.98 Å². The van der Waals surface area contributed by atoms with E-state index in [-0.39, 0.29) is 5.91 Å². The molecular formula is C17H19N3O2. The third-order valence-corrected chi connectivity index (χ3v) is 3.05. The Hall–Kier alpha value is -2.82. The number of aromatic nitrogens is 1. The Bertz CT molecular complexity index is 683. The molecule has 0 fully saturated rings. The van der Waals surface area contributed by atoms with E-state index in [1.807, 2.05) is 25.1 Å². The molecule has 0 saturated heterocycles. The molecule has 0 atom stereocenters. The lowest BCUT2D eigenvalue weighted by molar-refractivity contribution is 0.102. The molecule has 2 aromatic rings. The molecule has 114 valence electrons. The highest BCUT2D eigenvalue weighted by Gasteiger charge is 2.11. The SMILES string of the molecule is C=CCNc1ccnc(C(=O)Nc2cc(C)ccc2OC)c1. The number of ether oxygens (including phenoxy) is 1. The van der Waals surface area contributed by atoms with Gasteiger partial charge in [-0.3, -0.25) is 9.78 Å². The second kappa shape index (κ2) is 7.26. The van der Waals surface area contributed by atoms with Crippen LogP contribution in [0.4, 0.5) is 11.4 Å². The highest BCUT2D eigenvalue weighted by molar-refractivity contribution is 6.04. The zero-order valence-electron chi connectivity index (χ0n) is 12.7. The van der Waals surface area contributed by atoms with Gasteiger partial charge in [-0.05, 0) is 36.8 Å². The van der Waals surface area contributed by atoms with Crippen molar-refractivity contribution < 1.29 is 9.53 Å². The molecule has 0 aliphatic rings. The van der Waals surface area contributed by atoms with Gasteiger partial charge in [0.2, 0.25) is 0 Å². The molecule has 1 amide bonds. The molecule has 2 N–H and O–H groups in total. The van der Waals surface area contributed by atoms with Gasteiger partial charge in [0.05, 0.1) is 12.8 Å². The van der Waals surface area contributed by atoms with Crippen molar-refractivity contribution in [1.29, 1.82) is 0 Å². The molecule has 0 radical (unpaired) electrons. The zero-order valence-corrected chi connectivity index (χ0v) is 12.7. The molecule has 0 aliphatic carbocycles. The van der Waals surface area contributed by atoms with Crippen LogP contribution in [-0.2, 0) is 0 Å². The maximum atomic E-state index is 12.3. The monoisotopic (exact) mass is 297 g/mol. The topological polar surface area (TPSA) is 63.2 Å². The number of hydrogen-bond donors (Lipinski definition) is 2. The minimum atomic E-state index is -0.286. The summed E-state index contributed by atoms with van der Waals surface area (Å²) in [5.74, 6) is 0.325. The van der Waals surface area contributed by atoms with E-state index in [4.69, 9.17) is 4.74 Å². The van der Waals surface area contributed by atoms with E-state index in [1.54, 1.807) is 31.5 Å². The normalized spacial score (nSPS) is 9.91. The average molecular weight is 297 g/mol. The molecular weight excluding hydrogens is 278 g/mol. The number of anilines is 2. The van der Waals surface area contributed by atoms with Crippen LogP contribution in [0.2, 0.25) is 0 Å². The smallest absolute Gasteiger partial charge is 0.274 e. The first-order valence-electron chi connectivity index (χ1n) is 6.91. The first-order valence-corrected chi connectivity index (χ1v) is 6.91. The maximum absolute atomic E-state index is 12.3. The second-order valence-corrected chi connectivity index (χ2v) is 4.76. The molecule has 0 spiro atoms. The fourth-order valence-electron chi connectivity index (χ4n) is 1.96. The molecule has 1 heterocycles. The fraction of sp³-hybridized carbons (Fsp3) is 0.176. The van der Waals surface area contributed by atoms with Gasteiger partial charge in [0.25, 0.3) is 5.91 Å². The van der Waals surface area contributed by atoms with Crippen molar-refractivity contribution in [3.8, 4) is 5.75 Å². The van der Waals surface area contributed by atoms with E-state index in [2.05, 4.69) is 22.2 Å². The van der Waals surface area contributed by atoms with Gasteiger partial charge in [-0.25, -0.2) is 0 Å². The van der Waals surface area contributed by atoms with Crippen molar-refractivity contribution >= 4 is 17.3 Å². The third kappa shape index (κ3) is 3.85. The number of nitrogens with zero attached hydrogens (tertiary/aromatic N) is 1. The van der Waals surface area contributed by atoms with E-state index in [0.717, 1.165) is 11.3 Å².